The van der Waals surface area contributed by atoms with E-state index in [4.69, 9.17) is 10.5 Å². The summed E-state index contributed by atoms with van der Waals surface area (Å²) in [6.07, 6.45) is 0. The molecule has 0 spiro atoms. The van der Waals surface area contributed by atoms with Crippen LogP contribution >= 0.6 is 0 Å². The Morgan fingerprint density at radius 3 is 2.58 bits per heavy atom. The molecule has 0 fully saturated rings. The molecule has 2 aromatic carbocycles. The summed E-state index contributed by atoms with van der Waals surface area (Å²) in [4.78, 5) is 12.3. The predicted molar refractivity (Wildman–Crippen MR) is 72.0 cm³/mol. The van der Waals surface area contributed by atoms with Gasteiger partial charge in [-0.3, -0.25) is 4.79 Å². The van der Waals surface area contributed by atoms with Gasteiger partial charge in [0, 0.05) is 16.8 Å². The lowest BCUT2D eigenvalue weighted by molar-refractivity contribution is 0.103. The first-order valence-electron chi connectivity index (χ1n) is 5.77. The van der Waals surface area contributed by atoms with Gasteiger partial charge in [0.2, 0.25) is 0 Å². The first-order valence-corrected chi connectivity index (χ1v) is 5.77. The van der Waals surface area contributed by atoms with E-state index in [9.17, 15) is 9.18 Å². The Labute approximate surface area is 110 Å². The molecule has 0 aromatic heterocycles. The topological polar surface area (TPSA) is 52.3 Å². The van der Waals surface area contributed by atoms with Gasteiger partial charge in [-0.15, -0.1) is 0 Å². The molecule has 0 bridgehead atoms. The van der Waals surface area contributed by atoms with Crippen LogP contribution in [0.5, 0.6) is 5.75 Å². The zero-order chi connectivity index (χ0) is 14.0. The van der Waals surface area contributed by atoms with Crippen LogP contribution in [0.4, 0.5) is 10.1 Å². The number of nitrogen functional groups attached to an aromatic ring is 1. The fourth-order valence-corrected chi connectivity index (χ4v) is 1.80. The van der Waals surface area contributed by atoms with Gasteiger partial charge in [0.15, 0.2) is 5.78 Å². The quantitative estimate of drug-likeness (QED) is 0.681. The largest absolute Gasteiger partial charge is 0.497 e. The number of nitrogens with two attached hydrogens (primary N) is 1. The monoisotopic (exact) mass is 259 g/mol. The molecule has 0 atom stereocenters. The number of halogens is 1. The molecule has 0 saturated carbocycles. The molecule has 4 heteroatoms. The summed E-state index contributed by atoms with van der Waals surface area (Å²) in [5, 5.41) is 0. The molecule has 0 heterocycles. The van der Waals surface area contributed by atoms with Crippen LogP contribution in [0.1, 0.15) is 21.5 Å². The molecule has 3 nitrogen and oxygen atoms in total. The lowest BCUT2D eigenvalue weighted by Crippen LogP contribution is -2.06. The van der Waals surface area contributed by atoms with E-state index in [0.717, 1.165) is 0 Å². The van der Waals surface area contributed by atoms with E-state index in [0.29, 0.717) is 28.1 Å². The number of ether oxygens (including phenoxy) is 1. The van der Waals surface area contributed by atoms with Gasteiger partial charge in [-0.1, -0.05) is 0 Å². The van der Waals surface area contributed by atoms with Crippen molar-refractivity contribution in [1.29, 1.82) is 0 Å². The average Bonchev–Trinajstić information content (AvgIpc) is 2.41. The molecule has 2 N–H and O–H groups in total. The van der Waals surface area contributed by atoms with Crippen molar-refractivity contribution < 1.29 is 13.9 Å². The van der Waals surface area contributed by atoms with Gasteiger partial charge in [0.05, 0.1) is 7.11 Å². The zero-order valence-corrected chi connectivity index (χ0v) is 10.7. The van der Waals surface area contributed by atoms with E-state index < -0.39 is 0 Å². The van der Waals surface area contributed by atoms with Crippen LogP contribution in [0.3, 0.4) is 0 Å². The van der Waals surface area contributed by atoms with Crippen molar-refractivity contribution in [3.63, 3.8) is 0 Å². The highest BCUT2D eigenvalue weighted by atomic mass is 19.1. The smallest absolute Gasteiger partial charge is 0.195 e. The summed E-state index contributed by atoms with van der Waals surface area (Å²) >= 11 is 0. The van der Waals surface area contributed by atoms with Crippen molar-refractivity contribution >= 4 is 11.5 Å². The Bertz CT molecular complexity index is 638. The number of benzene rings is 2. The fraction of sp³-hybridized carbons (Fsp3) is 0.133. The number of anilines is 1. The molecule has 0 aliphatic rings. The molecule has 0 radical (unpaired) electrons. The summed E-state index contributed by atoms with van der Waals surface area (Å²) < 4.78 is 18.3. The Kier molecular flexibility index (Phi) is 3.51. The van der Waals surface area contributed by atoms with Crippen LogP contribution in [0, 0.1) is 12.7 Å². The highest BCUT2D eigenvalue weighted by Gasteiger charge is 2.14. The van der Waals surface area contributed by atoms with Crippen molar-refractivity contribution in [2.75, 3.05) is 12.8 Å². The molecule has 0 aliphatic heterocycles. The molecular weight excluding hydrogens is 245 g/mol. The minimum atomic E-state index is -0.338. The van der Waals surface area contributed by atoms with Crippen molar-refractivity contribution in [3.8, 4) is 5.75 Å². The number of methoxy groups -OCH3 is 1. The molecule has 0 saturated heterocycles. The summed E-state index contributed by atoms with van der Waals surface area (Å²) in [7, 11) is 1.52. The lowest BCUT2D eigenvalue weighted by Gasteiger charge is -2.08. The summed E-state index contributed by atoms with van der Waals surface area (Å²) in [6, 6.07) is 9.11. The normalized spacial score (nSPS) is 10.3. The van der Waals surface area contributed by atoms with E-state index in [1.54, 1.807) is 25.1 Å². The van der Waals surface area contributed by atoms with Gasteiger partial charge in [0.25, 0.3) is 0 Å². The van der Waals surface area contributed by atoms with E-state index in [1.807, 2.05) is 0 Å². The Morgan fingerprint density at radius 1 is 1.21 bits per heavy atom. The van der Waals surface area contributed by atoms with Crippen molar-refractivity contribution in [1.82, 2.24) is 0 Å². The maximum atomic E-state index is 13.2. The van der Waals surface area contributed by atoms with Gasteiger partial charge >= 0.3 is 0 Å². The second-order valence-corrected chi connectivity index (χ2v) is 4.25. The molecule has 0 amide bonds. The first-order chi connectivity index (χ1) is 9.02. The molecule has 19 heavy (non-hydrogen) atoms. The number of aryl methyl sites for hydroxylation is 1. The summed E-state index contributed by atoms with van der Waals surface area (Å²) in [6.45, 7) is 1.61. The number of carbonyl (C=O) groups excluding carboxylic acids is 1. The van der Waals surface area contributed by atoms with Crippen LogP contribution in [0.15, 0.2) is 36.4 Å². The third-order valence-electron chi connectivity index (χ3n) is 2.93. The number of rotatable bonds is 3. The highest BCUT2D eigenvalue weighted by Crippen LogP contribution is 2.23. The van der Waals surface area contributed by atoms with Gasteiger partial charge in [0.1, 0.15) is 11.6 Å². The Balaban J connectivity index is 2.46. The molecular formula is C15H14FNO2. The van der Waals surface area contributed by atoms with Crippen LogP contribution in [0.25, 0.3) is 0 Å². The van der Waals surface area contributed by atoms with E-state index in [2.05, 4.69) is 0 Å². The van der Waals surface area contributed by atoms with E-state index >= 15 is 0 Å². The number of hydrogen-bond donors (Lipinski definition) is 1. The highest BCUT2D eigenvalue weighted by molar-refractivity contribution is 6.12. The van der Waals surface area contributed by atoms with Crippen LogP contribution in [-0.2, 0) is 0 Å². The molecule has 0 unspecified atom stereocenters. The average molecular weight is 259 g/mol. The van der Waals surface area contributed by atoms with Gasteiger partial charge < -0.3 is 10.5 Å². The second kappa shape index (κ2) is 5.10. The van der Waals surface area contributed by atoms with Gasteiger partial charge in [-0.05, 0) is 48.9 Å². The van der Waals surface area contributed by atoms with Gasteiger partial charge in [-0.2, -0.15) is 0 Å². The minimum Gasteiger partial charge on any atom is -0.497 e. The Hall–Kier alpha value is -2.36. The second-order valence-electron chi connectivity index (χ2n) is 4.25. The van der Waals surface area contributed by atoms with Crippen LogP contribution < -0.4 is 10.5 Å². The first kappa shape index (κ1) is 13.1. The van der Waals surface area contributed by atoms with E-state index in [-0.39, 0.29) is 11.6 Å². The number of carbonyl (C=O) groups is 1. The van der Waals surface area contributed by atoms with E-state index in [1.165, 1.54) is 25.3 Å². The maximum absolute atomic E-state index is 13.2. The van der Waals surface area contributed by atoms with Crippen LogP contribution in [0.2, 0.25) is 0 Å². The molecule has 0 aliphatic carbocycles. The standard InChI is InChI=1S/C15H14FNO2/c1-9-7-10(3-5-13(9)16)15(18)12-8-11(19-2)4-6-14(12)17/h3-8H,17H2,1-2H3. The SMILES string of the molecule is COc1ccc(N)c(C(=O)c2ccc(F)c(C)c2)c1. The lowest BCUT2D eigenvalue weighted by atomic mass is 10.00. The third-order valence-corrected chi connectivity index (χ3v) is 2.93. The van der Waals surface area contributed by atoms with Crippen molar-refractivity contribution in [2.24, 2.45) is 0 Å². The minimum absolute atomic E-state index is 0.250. The predicted octanol–water partition coefficient (Wildman–Crippen LogP) is 2.96. The molecule has 2 aromatic rings. The van der Waals surface area contributed by atoms with Crippen LogP contribution in [-0.4, -0.2) is 12.9 Å². The maximum Gasteiger partial charge on any atom is 0.195 e. The molecule has 2 rings (SSSR count). The molecule has 98 valence electrons. The fourth-order valence-electron chi connectivity index (χ4n) is 1.80. The van der Waals surface area contributed by atoms with Gasteiger partial charge in [-0.25, -0.2) is 4.39 Å². The zero-order valence-electron chi connectivity index (χ0n) is 10.7. The van der Waals surface area contributed by atoms with Crippen molar-refractivity contribution in [3.05, 3.63) is 58.9 Å². The number of hydrogen-bond acceptors (Lipinski definition) is 3. The number of ketones is 1. The summed E-state index contributed by atoms with van der Waals surface area (Å²) in [5.41, 5.74) is 7.35. The summed E-state index contributed by atoms with van der Waals surface area (Å²) in [5.74, 6) is -0.0361. The Morgan fingerprint density at radius 2 is 1.95 bits per heavy atom. The third kappa shape index (κ3) is 2.57. The van der Waals surface area contributed by atoms with Crippen molar-refractivity contribution in [2.45, 2.75) is 6.92 Å².